The number of ether oxygens (including phenoxy) is 1. The third-order valence-electron chi connectivity index (χ3n) is 3.32. The topological polar surface area (TPSA) is 38.3 Å². The molecule has 0 fully saturated rings. The smallest absolute Gasteiger partial charge is 0.225 e. The molecule has 0 aliphatic heterocycles. The number of halogens is 2. The van der Waals surface area contributed by atoms with Crippen LogP contribution < -0.4 is 10.1 Å². The van der Waals surface area contributed by atoms with Crippen LogP contribution in [0, 0.1) is 0 Å². The molecule has 0 radical (unpaired) electrons. The van der Waals surface area contributed by atoms with Gasteiger partial charge in [0.15, 0.2) is 0 Å². The summed E-state index contributed by atoms with van der Waals surface area (Å²) in [7, 11) is 1.57. The van der Waals surface area contributed by atoms with E-state index in [1.807, 2.05) is 25.1 Å². The van der Waals surface area contributed by atoms with Crippen molar-refractivity contribution in [2.45, 2.75) is 19.4 Å². The van der Waals surface area contributed by atoms with Gasteiger partial charge >= 0.3 is 0 Å². The normalized spacial score (nSPS) is 11.8. The minimum absolute atomic E-state index is 0.104. The third-order valence-corrected chi connectivity index (χ3v) is 3.79. The van der Waals surface area contributed by atoms with Gasteiger partial charge in [0, 0.05) is 15.6 Å². The van der Waals surface area contributed by atoms with Crippen LogP contribution in [0.1, 0.15) is 24.1 Å². The van der Waals surface area contributed by atoms with E-state index in [1.54, 1.807) is 31.4 Å². The molecule has 1 amide bonds. The van der Waals surface area contributed by atoms with Gasteiger partial charge in [-0.2, -0.15) is 0 Å². The van der Waals surface area contributed by atoms with E-state index >= 15 is 0 Å². The Kier molecular flexibility index (Phi) is 5.69. The Balaban J connectivity index is 2.05. The lowest BCUT2D eigenvalue weighted by Gasteiger charge is -2.15. The number of benzene rings is 2. The molecule has 3 nitrogen and oxygen atoms in total. The summed E-state index contributed by atoms with van der Waals surface area (Å²) in [6, 6.07) is 12.5. The monoisotopic (exact) mass is 337 g/mol. The molecule has 22 heavy (non-hydrogen) atoms. The largest absolute Gasteiger partial charge is 0.496 e. The fraction of sp³-hybridized carbons (Fsp3) is 0.235. The van der Waals surface area contributed by atoms with E-state index in [0.717, 1.165) is 11.1 Å². The minimum Gasteiger partial charge on any atom is -0.496 e. The molecule has 0 saturated carbocycles. The van der Waals surface area contributed by atoms with Crippen LogP contribution in [0.2, 0.25) is 10.0 Å². The van der Waals surface area contributed by atoms with Crippen molar-refractivity contribution < 1.29 is 9.53 Å². The molecule has 2 aromatic carbocycles. The number of carbonyl (C=O) groups is 1. The molecule has 2 rings (SSSR count). The van der Waals surface area contributed by atoms with E-state index in [-0.39, 0.29) is 18.4 Å². The van der Waals surface area contributed by atoms with Crippen LogP contribution in [0.15, 0.2) is 42.5 Å². The predicted molar refractivity (Wildman–Crippen MR) is 89.7 cm³/mol. The summed E-state index contributed by atoms with van der Waals surface area (Å²) < 4.78 is 5.25. The molecule has 0 bridgehead atoms. The summed E-state index contributed by atoms with van der Waals surface area (Å²) in [5, 5.41) is 4.17. The summed E-state index contributed by atoms with van der Waals surface area (Å²) >= 11 is 11.9. The van der Waals surface area contributed by atoms with E-state index in [4.69, 9.17) is 27.9 Å². The lowest BCUT2D eigenvalue weighted by molar-refractivity contribution is -0.121. The Morgan fingerprint density at radius 3 is 2.59 bits per heavy atom. The highest BCUT2D eigenvalue weighted by Crippen LogP contribution is 2.23. The second kappa shape index (κ2) is 7.52. The van der Waals surface area contributed by atoms with Crippen LogP contribution >= 0.6 is 23.2 Å². The molecule has 0 saturated heterocycles. The lowest BCUT2D eigenvalue weighted by Crippen LogP contribution is -2.28. The second-order valence-electron chi connectivity index (χ2n) is 4.98. The molecule has 0 unspecified atom stereocenters. The van der Waals surface area contributed by atoms with E-state index in [2.05, 4.69) is 5.32 Å². The summed E-state index contributed by atoms with van der Waals surface area (Å²) in [5.74, 6) is 0.544. The Bertz CT molecular complexity index is 673. The maximum absolute atomic E-state index is 12.2. The van der Waals surface area contributed by atoms with Crippen LogP contribution in [-0.2, 0) is 11.2 Å². The lowest BCUT2D eigenvalue weighted by atomic mass is 10.1. The van der Waals surface area contributed by atoms with E-state index < -0.39 is 0 Å². The number of methoxy groups -OCH3 is 1. The second-order valence-corrected chi connectivity index (χ2v) is 5.85. The standard InChI is InChI=1S/C17H17Cl2NO2/c1-11(12-4-3-5-14(18)8-12)20-17(21)10-13-9-15(19)6-7-16(13)22-2/h3-9,11H,10H2,1-2H3,(H,20,21)/t11-/m0/s1. The average Bonchev–Trinajstić information content (AvgIpc) is 2.47. The fourth-order valence-electron chi connectivity index (χ4n) is 2.21. The molecule has 116 valence electrons. The highest BCUT2D eigenvalue weighted by molar-refractivity contribution is 6.31. The van der Waals surface area contributed by atoms with Gasteiger partial charge in [0.1, 0.15) is 5.75 Å². The molecule has 0 heterocycles. The van der Waals surface area contributed by atoms with Crippen LogP contribution in [0.5, 0.6) is 5.75 Å². The minimum atomic E-state index is -0.128. The first kappa shape index (κ1) is 16.7. The van der Waals surface area contributed by atoms with Crippen molar-refractivity contribution in [2.24, 2.45) is 0 Å². The van der Waals surface area contributed by atoms with Crippen LogP contribution in [0.3, 0.4) is 0 Å². The molecule has 1 N–H and O–H groups in total. The Morgan fingerprint density at radius 2 is 1.91 bits per heavy atom. The highest BCUT2D eigenvalue weighted by Gasteiger charge is 2.13. The predicted octanol–water partition coefficient (Wildman–Crippen LogP) is 4.42. The van der Waals surface area contributed by atoms with Crippen molar-refractivity contribution in [1.29, 1.82) is 0 Å². The number of hydrogen-bond acceptors (Lipinski definition) is 2. The Hall–Kier alpha value is -1.71. The number of carbonyl (C=O) groups excluding carboxylic acids is 1. The summed E-state index contributed by atoms with van der Waals surface area (Å²) in [6.45, 7) is 1.92. The quantitative estimate of drug-likeness (QED) is 0.876. The molecule has 5 heteroatoms. The number of hydrogen-bond donors (Lipinski definition) is 1. The van der Waals surface area contributed by atoms with Crippen LogP contribution in [0.4, 0.5) is 0 Å². The van der Waals surface area contributed by atoms with Crippen molar-refractivity contribution in [3.8, 4) is 5.75 Å². The van der Waals surface area contributed by atoms with Gasteiger partial charge in [0.05, 0.1) is 19.6 Å². The molecular formula is C17H17Cl2NO2. The van der Waals surface area contributed by atoms with Gasteiger partial charge in [0.2, 0.25) is 5.91 Å². The summed E-state index contributed by atoms with van der Waals surface area (Å²) in [5.41, 5.74) is 1.71. The van der Waals surface area contributed by atoms with Gasteiger partial charge in [-0.05, 0) is 42.8 Å². The zero-order valence-electron chi connectivity index (χ0n) is 12.4. The molecule has 1 atom stereocenters. The first-order valence-corrected chi connectivity index (χ1v) is 7.62. The molecular weight excluding hydrogens is 321 g/mol. The maximum atomic E-state index is 12.2. The van der Waals surface area contributed by atoms with Gasteiger partial charge < -0.3 is 10.1 Å². The van der Waals surface area contributed by atoms with Crippen LogP contribution in [-0.4, -0.2) is 13.0 Å². The number of rotatable bonds is 5. The molecule has 0 aliphatic rings. The Morgan fingerprint density at radius 1 is 1.18 bits per heavy atom. The maximum Gasteiger partial charge on any atom is 0.225 e. The summed E-state index contributed by atoms with van der Waals surface area (Å²) in [4.78, 5) is 12.2. The van der Waals surface area contributed by atoms with Crippen molar-refractivity contribution >= 4 is 29.1 Å². The van der Waals surface area contributed by atoms with E-state index in [9.17, 15) is 4.79 Å². The highest BCUT2D eigenvalue weighted by atomic mass is 35.5. The molecule has 0 spiro atoms. The van der Waals surface area contributed by atoms with Crippen molar-refractivity contribution in [3.63, 3.8) is 0 Å². The first-order chi connectivity index (χ1) is 10.5. The fourth-order valence-corrected chi connectivity index (χ4v) is 2.60. The number of nitrogens with one attached hydrogen (secondary N) is 1. The zero-order valence-corrected chi connectivity index (χ0v) is 13.9. The van der Waals surface area contributed by atoms with Gasteiger partial charge in [-0.3, -0.25) is 4.79 Å². The molecule has 0 aromatic heterocycles. The van der Waals surface area contributed by atoms with Crippen molar-refractivity contribution in [3.05, 3.63) is 63.6 Å². The summed E-state index contributed by atoms with van der Waals surface area (Å²) in [6.07, 6.45) is 0.203. The molecule has 2 aromatic rings. The van der Waals surface area contributed by atoms with Gasteiger partial charge in [0.25, 0.3) is 0 Å². The SMILES string of the molecule is COc1ccc(Cl)cc1CC(=O)N[C@@H](C)c1cccc(Cl)c1. The average molecular weight is 338 g/mol. The van der Waals surface area contributed by atoms with Gasteiger partial charge in [-0.15, -0.1) is 0 Å². The number of amides is 1. The van der Waals surface area contributed by atoms with Gasteiger partial charge in [-0.25, -0.2) is 0 Å². The molecule has 0 aliphatic carbocycles. The van der Waals surface area contributed by atoms with E-state index in [1.165, 1.54) is 0 Å². The van der Waals surface area contributed by atoms with Crippen molar-refractivity contribution in [2.75, 3.05) is 7.11 Å². The van der Waals surface area contributed by atoms with Crippen molar-refractivity contribution in [1.82, 2.24) is 5.32 Å². The van der Waals surface area contributed by atoms with Crippen LogP contribution in [0.25, 0.3) is 0 Å². The van der Waals surface area contributed by atoms with Gasteiger partial charge in [-0.1, -0.05) is 35.3 Å². The zero-order chi connectivity index (χ0) is 16.1. The van der Waals surface area contributed by atoms with E-state index in [0.29, 0.717) is 15.8 Å². The third kappa shape index (κ3) is 4.39. The first-order valence-electron chi connectivity index (χ1n) is 6.87. The Labute approximate surface area is 140 Å².